The Labute approximate surface area is 235 Å². The summed E-state index contributed by atoms with van der Waals surface area (Å²) in [7, 11) is 1.47. The number of ether oxygens (including phenoxy) is 1. The molecule has 0 saturated heterocycles. The second kappa shape index (κ2) is 12.8. The van der Waals surface area contributed by atoms with Crippen LogP contribution in [-0.4, -0.2) is 46.1 Å². The number of nitrogens with zero attached hydrogens (tertiary/aromatic N) is 2. The molecule has 3 aromatic rings. The molecule has 2 aromatic carbocycles. The molecule has 0 aliphatic rings. The average molecular weight is 552 g/mol. The first kappa shape index (κ1) is 32.0. The van der Waals surface area contributed by atoms with Crippen molar-refractivity contribution in [2.24, 2.45) is 11.1 Å². The van der Waals surface area contributed by atoms with Gasteiger partial charge in [0.15, 0.2) is 11.4 Å². The molecule has 0 bridgehead atoms. The molecule has 1 aromatic heterocycles. The summed E-state index contributed by atoms with van der Waals surface area (Å²) in [5.41, 5.74) is 8.88. The van der Waals surface area contributed by atoms with E-state index in [0.717, 1.165) is 17.7 Å². The topological polar surface area (TPSA) is 149 Å². The van der Waals surface area contributed by atoms with Crippen LogP contribution in [-0.2, 0) is 10.2 Å². The van der Waals surface area contributed by atoms with Crippen molar-refractivity contribution in [2.45, 2.75) is 60.8 Å². The van der Waals surface area contributed by atoms with Crippen molar-refractivity contribution in [3.05, 3.63) is 65.2 Å². The number of carboxylic acid groups (broad SMARTS) is 1. The van der Waals surface area contributed by atoms with Crippen LogP contribution in [0.25, 0.3) is 5.69 Å². The predicted molar refractivity (Wildman–Crippen MR) is 158 cm³/mol. The number of benzene rings is 2. The Hall–Kier alpha value is -4.18. The number of carbonyl (C=O) groups excluding carboxylic acids is 2. The molecule has 40 heavy (non-hydrogen) atoms. The van der Waals surface area contributed by atoms with Crippen LogP contribution in [0.1, 0.15) is 80.4 Å². The van der Waals surface area contributed by atoms with Gasteiger partial charge in [0.2, 0.25) is 5.91 Å². The van der Waals surface area contributed by atoms with Crippen LogP contribution in [0.3, 0.4) is 0 Å². The molecule has 216 valence electrons. The molecule has 0 aliphatic carbocycles. The molecule has 2 amide bonds. The first-order valence-electron chi connectivity index (χ1n) is 12.9. The zero-order valence-electron chi connectivity index (χ0n) is 24.8. The van der Waals surface area contributed by atoms with Crippen molar-refractivity contribution in [3.8, 4) is 11.4 Å². The molecule has 0 unspecified atom stereocenters. The number of amides is 2. The number of imidazole rings is 1. The minimum absolute atomic E-state index is 0.0940. The van der Waals surface area contributed by atoms with E-state index in [1.165, 1.54) is 26.6 Å². The summed E-state index contributed by atoms with van der Waals surface area (Å²) in [5, 5.41) is 14.8. The van der Waals surface area contributed by atoms with E-state index in [1.54, 1.807) is 22.8 Å². The lowest BCUT2D eigenvalue weighted by atomic mass is 9.86. The van der Waals surface area contributed by atoms with Gasteiger partial charge in [-0.2, -0.15) is 0 Å². The van der Waals surface area contributed by atoms with Crippen molar-refractivity contribution >= 4 is 29.2 Å². The summed E-state index contributed by atoms with van der Waals surface area (Å²) in [6.07, 6.45) is 2.78. The van der Waals surface area contributed by atoms with Gasteiger partial charge in [0.25, 0.3) is 5.91 Å². The van der Waals surface area contributed by atoms with Gasteiger partial charge in [-0.3, -0.25) is 9.59 Å². The van der Waals surface area contributed by atoms with E-state index >= 15 is 0 Å². The Morgan fingerprint density at radius 2 is 1.60 bits per heavy atom. The summed E-state index contributed by atoms with van der Waals surface area (Å²) >= 11 is 0. The summed E-state index contributed by atoms with van der Waals surface area (Å²) in [4.78, 5) is 40.0. The van der Waals surface area contributed by atoms with Crippen LogP contribution in [0.5, 0.6) is 5.75 Å². The normalized spacial score (nSPS) is 11.2. The lowest BCUT2D eigenvalue weighted by Crippen LogP contribution is -2.18. The maximum absolute atomic E-state index is 13.2. The van der Waals surface area contributed by atoms with Gasteiger partial charge in [-0.15, -0.1) is 0 Å². The minimum atomic E-state index is -1.13. The SMILES string of the molecule is CC(C)(C)CN.COc1c(NC(C)=O)cc(C(C)(C)C)cc1NC(=O)c1ccc(C)c(-n2cnc(C(=O)O)c2)c1. The molecule has 0 fully saturated rings. The quantitative estimate of drug-likeness (QED) is 0.321. The highest BCUT2D eigenvalue weighted by molar-refractivity contribution is 6.06. The number of aryl methyl sites for hydroxylation is 1. The second-order valence-corrected chi connectivity index (χ2v) is 11.7. The van der Waals surface area contributed by atoms with Crippen LogP contribution in [0, 0.1) is 12.3 Å². The largest absolute Gasteiger partial charge is 0.492 e. The fourth-order valence-corrected chi connectivity index (χ4v) is 3.45. The van der Waals surface area contributed by atoms with E-state index in [-0.39, 0.29) is 17.0 Å². The monoisotopic (exact) mass is 551 g/mol. The Kier molecular flexibility index (Phi) is 10.2. The maximum atomic E-state index is 13.2. The summed E-state index contributed by atoms with van der Waals surface area (Å²) in [6, 6.07) is 8.77. The van der Waals surface area contributed by atoms with Crippen molar-refractivity contribution in [3.63, 3.8) is 0 Å². The summed E-state index contributed by atoms with van der Waals surface area (Å²) in [6.45, 7) is 16.5. The van der Waals surface area contributed by atoms with Gasteiger partial charge in [-0.1, -0.05) is 47.6 Å². The third-order valence-corrected chi connectivity index (χ3v) is 5.88. The van der Waals surface area contributed by atoms with Gasteiger partial charge in [-0.25, -0.2) is 9.78 Å². The van der Waals surface area contributed by atoms with E-state index in [4.69, 9.17) is 15.6 Å². The zero-order valence-corrected chi connectivity index (χ0v) is 24.8. The van der Waals surface area contributed by atoms with Crippen LogP contribution in [0.4, 0.5) is 11.4 Å². The van der Waals surface area contributed by atoms with Crippen molar-refractivity contribution in [1.82, 2.24) is 9.55 Å². The molecule has 0 aliphatic heterocycles. The molecule has 3 rings (SSSR count). The number of carbonyl (C=O) groups is 3. The first-order chi connectivity index (χ1) is 18.5. The average Bonchev–Trinajstić information content (AvgIpc) is 3.33. The highest BCUT2D eigenvalue weighted by Crippen LogP contribution is 2.39. The molecule has 5 N–H and O–H groups in total. The first-order valence-corrected chi connectivity index (χ1v) is 12.9. The van der Waals surface area contributed by atoms with E-state index in [9.17, 15) is 14.4 Å². The number of methoxy groups -OCH3 is 1. The van der Waals surface area contributed by atoms with E-state index < -0.39 is 11.9 Å². The zero-order chi connectivity index (χ0) is 30.4. The third-order valence-electron chi connectivity index (χ3n) is 5.88. The number of hydrogen-bond donors (Lipinski definition) is 4. The Morgan fingerprint density at radius 1 is 1.02 bits per heavy atom. The molecule has 0 atom stereocenters. The number of rotatable bonds is 6. The van der Waals surface area contributed by atoms with E-state index in [0.29, 0.717) is 33.8 Å². The van der Waals surface area contributed by atoms with Gasteiger partial charge in [0, 0.05) is 18.7 Å². The number of nitrogens with two attached hydrogens (primary N) is 1. The third kappa shape index (κ3) is 8.67. The summed E-state index contributed by atoms with van der Waals surface area (Å²) in [5.74, 6) is -1.44. The lowest BCUT2D eigenvalue weighted by molar-refractivity contribution is -0.114. The molecule has 0 radical (unpaired) electrons. The van der Waals surface area contributed by atoms with Crippen molar-refractivity contribution < 1.29 is 24.2 Å². The predicted octanol–water partition coefficient (Wildman–Crippen LogP) is 5.39. The lowest BCUT2D eigenvalue weighted by Gasteiger charge is -2.24. The number of hydrogen-bond acceptors (Lipinski definition) is 6. The van der Waals surface area contributed by atoms with Crippen LogP contribution in [0.15, 0.2) is 42.9 Å². The molecular formula is C30H41N5O5. The highest BCUT2D eigenvalue weighted by Gasteiger charge is 2.22. The number of aromatic carboxylic acids is 1. The number of nitrogens with one attached hydrogen (secondary N) is 2. The Morgan fingerprint density at radius 3 is 2.05 bits per heavy atom. The smallest absolute Gasteiger partial charge is 0.356 e. The Bertz CT molecular complexity index is 1380. The fourth-order valence-electron chi connectivity index (χ4n) is 3.45. The van der Waals surface area contributed by atoms with Crippen molar-refractivity contribution in [1.29, 1.82) is 0 Å². The minimum Gasteiger partial charge on any atom is -0.492 e. The van der Waals surface area contributed by atoms with Crippen LogP contribution < -0.4 is 21.1 Å². The number of anilines is 2. The number of aromatic nitrogens is 2. The fraction of sp³-hybridized carbons (Fsp3) is 0.400. The highest BCUT2D eigenvalue weighted by atomic mass is 16.5. The van der Waals surface area contributed by atoms with E-state index in [2.05, 4.69) is 36.4 Å². The molecule has 1 heterocycles. The molecular weight excluding hydrogens is 510 g/mol. The van der Waals surface area contributed by atoms with Gasteiger partial charge in [-0.05, 0) is 59.7 Å². The van der Waals surface area contributed by atoms with Crippen molar-refractivity contribution in [2.75, 3.05) is 24.3 Å². The second-order valence-electron chi connectivity index (χ2n) is 11.7. The van der Waals surface area contributed by atoms with E-state index in [1.807, 2.05) is 39.8 Å². The van der Waals surface area contributed by atoms with Crippen LogP contribution in [0.2, 0.25) is 0 Å². The molecule has 10 heteroatoms. The number of carboxylic acids is 1. The Balaban J connectivity index is 0.000000840. The molecule has 0 saturated carbocycles. The van der Waals surface area contributed by atoms with Gasteiger partial charge in [0.05, 0.1) is 24.2 Å². The molecule has 0 spiro atoms. The summed E-state index contributed by atoms with van der Waals surface area (Å²) < 4.78 is 7.08. The standard InChI is InChI=1S/C25H28N4O5.C5H13N/c1-14-7-8-16(9-21(14)29-12-20(24(32)33)26-13-29)23(31)28-19-11-17(25(3,4)5)10-18(22(19)34-6)27-15(2)30;1-5(2,3)4-6/h7-13H,1-6H3,(H,27,30)(H,28,31)(H,32,33);4,6H2,1-3H3. The molecule has 10 nitrogen and oxygen atoms in total. The van der Waals surface area contributed by atoms with Crippen LogP contribution >= 0.6 is 0 Å². The maximum Gasteiger partial charge on any atom is 0.356 e. The van der Waals surface area contributed by atoms with Gasteiger partial charge < -0.3 is 30.8 Å². The van der Waals surface area contributed by atoms with Gasteiger partial charge >= 0.3 is 5.97 Å². The van der Waals surface area contributed by atoms with Gasteiger partial charge in [0.1, 0.15) is 6.33 Å².